The van der Waals surface area contributed by atoms with Crippen LogP contribution in [0.2, 0.25) is 0 Å². The number of amides is 1. The van der Waals surface area contributed by atoms with E-state index in [2.05, 4.69) is 5.32 Å². The summed E-state index contributed by atoms with van der Waals surface area (Å²) in [5.41, 5.74) is 0.959. The van der Waals surface area contributed by atoms with Crippen LogP contribution in [0.15, 0.2) is 53.4 Å². The molecule has 1 amide bonds. The van der Waals surface area contributed by atoms with Crippen molar-refractivity contribution in [2.24, 2.45) is 5.92 Å². The number of hydrogen-bond acceptors (Lipinski definition) is 4. The van der Waals surface area contributed by atoms with Gasteiger partial charge in [0, 0.05) is 18.7 Å². The summed E-state index contributed by atoms with van der Waals surface area (Å²) in [6.45, 7) is 6.02. The molecule has 0 bridgehead atoms. The molecule has 2 aromatic rings. The van der Waals surface area contributed by atoms with Crippen LogP contribution in [-0.4, -0.2) is 34.5 Å². The van der Waals surface area contributed by atoms with Gasteiger partial charge in [0.1, 0.15) is 5.75 Å². The van der Waals surface area contributed by atoms with Gasteiger partial charge < -0.3 is 10.1 Å². The molecule has 0 aliphatic carbocycles. The molecular formula is C20H26N2O4S. The first kappa shape index (κ1) is 20.8. The lowest BCUT2D eigenvalue weighted by Gasteiger charge is -2.20. The standard InChI is InChI=1S/C20H26N2O4S/c1-14(2)15(3)21-20(23)16-6-8-17(9-7-16)22(4)27(24,25)19-12-10-18(26-5)11-13-19/h6-15H,1-5H3,(H,21,23)/t15-/m1/s1. The Bertz CT molecular complexity index is 875. The van der Waals surface area contributed by atoms with Crippen molar-refractivity contribution in [3.63, 3.8) is 0 Å². The quantitative estimate of drug-likeness (QED) is 0.787. The van der Waals surface area contributed by atoms with Gasteiger partial charge in [0.2, 0.25) is 0 Å². The molecule has 1 atom stereocenters. The van der Waals surface area contributed by atoms with E-state index >= 15 is 0 Å². The van der Waals surface area contributed by atoms with E-state index in [1.54, 1.807) is 36.4 Å². The van der Waals surface area contributed by atoms with E-state index in [1.165, 1.54) is 30.6 Å². The number of methoxy groups -OCH3 is 1. The van der Waals surface area contributed by atoms with Gasteiger partial charge in [0.25, 0.3) is 15.9 Å². The van der Waals surface area contributed by atoms with E-state index < -0.39 is 10.0 Å². The van der Waals surface area contributed by atoms with Crippen LogP contribution in [0.4, 0.5) is 5.69 Å². The van der Waals surface area contributed by atoms with Crippen molar-refractivity contribution in [1.29, 1.82) is 0 Å². The highest BCUT2D eigenvalue weighted by atomic mass is 32.2. The Morgan fingerprint density at radius 1 is 1.00 bits per heavy atom. The predicted octanol–water partition coefficient (Wildman–Crippen LogP) is 3.29. The van der Waals surface area contributed by atoms with E-state index in [1.807, 2.05) is 20.8 Å². The lowest BCUT2D eigenvalue weighted by atomic mass is 10.1. The zero-order valence-corrected chi connectivity index (χ0v) is 17.1. The molecule has 0 saturated heterocycles. The van der Waals surface area contributed by atoms with Crippen molar-refractivity contribution < 1.29 is 17.9 Å². The second-order valence-corrected chi connectivity index (χ2v) is 8.67. The molecule has 0 aliphatic heterocycles. The summed E-state index contributed by atoms with van der Waals surface area (Å²) in [7, 11) is -0.698. The zero-order valence-electron chi connectivity index (χ0n) is 16.3. The fraction of sp³-hybridized carbons (Fsp3) is 0.350. The van der Waals surface area contributed by atoms with Gasteiger partial charge in [-0.2, -0.15) is 0 Å². The minimum atomic E-state index is -3.70. The lowest BCUT2D eigenvalue weighted by molar-refractivity contribution is 0.0930. The number of nitrogens with zero attached hydrogens (tertiary/aromatic N) is 1. The monoisotopic (exact) mass is 390 g/mol. The summed E-state index contributed by atoms with van der Waals surface area (Å²) < 4.78 is 31.8. The van der Waals surface area contributed by atoms with E-state index in [9.17, 15) is 13.2 Å². The maximum absolute atomic E-state index is 12.8. The van der Waals surface area contributed by atoms with Crippen molar-refractivity contribution in [1.82, 2.24) is 5.32 Å². The van der Waals surface area contributed by atoms with Crippen molar-refractivity contribution in [2.75, 3.05) is 18.5 Å². The Labute approximate surface area is 161 Å². The average Bonchev–Trinajstić information content (AvgIpc) is 2.67. The molecular weight excluding hydrogens is 364 g/mol. The summed E-state index contributed by atoms with van der Waals surface area (Å²) in [6, 6.07) is 12.7. The van der Waals surface area contributed by atoms with Gasteiger partial charge in [-0.1, -0.05) is 13.8 Å². The number of benzene rings is 2. The third-order valence-corrected chi connectivity index (χ3v) is 6.37. The molecule has 2 aromatic carbocycles. The first-order valence-electron chi connectivity index (χ1n) is 8.70. The van der Waals surface area contributed by atoms with E-state index in [0.717, 1.165) is 0 Å². The summed E-state index contributed by atoms with van der Waals surface area (Å²) in [5.74, 6) is 0.736. The largest absolute Gasteiger partial charge is 0.497 e. The Morgan fingerprint density at radius 3 is 2.04 bits per heavy atom. The predicted molar refractivity (Wildman–Crippen MR) is 107 cm³/mol. The summed E-state index contributed by atoms with van der Waals surface area (Å²) in [5, 5.41) is 2.93. The SMILES string of the molecule is COc1ccc(S(=O)(=O)N(C)c2ccc(C(=O)N[C@H](C)C(C)C)cc2)cc1. The van der Waals surface area contributed by atoms with Crippen molar-refractivity contribution >= 4 is 21.6 Å². The first-order chi connectivity index (χ1) is 12.7. The number of carbonyl (C=O) groups excluding carboxylic acids is 1. The van der Waals surface area contributed by atoms with Crippen LogP contribution in [-0.2, 0) is 10.0 Å². The molecule has 2 rings (SSSR count). The molecule has 146 valence electrons. The number of carbonyl (C=O) groups is 1. The fourth-order valence-electron chi connectivity index (χ4n) is 2.32. The Balaban J connectivity index is 2.18. The van der Waals surface area contributed by atoms with Gasteiger partial charge in [-0.25, -0.2) is 8.42 Å². The number of hydrogen-bond donors (Lipinski definition) is 1. The molecule has 0 radical (unpaired) electrons. The van der Waals surface area contributed by atoms with Crippen LogP contribution in [0, 0.1) is 5.92 Å². The normalized spacial score (nSPS) is 12.5. The van der Waals surface area contributed by atoms with Crippen LogP contribution in [0.25, 0.3) is 0 Å². The summed E-state index contributed by atoms with van der Waals surface area (Å²) >= 11 is 0. The summed E-state index contributed by atoms with van der Waals surface area (Å²) in [4.78, 5) is 12.4. The highest BCUT2D eigenvalue weighted by Crippen LogP contribution is 2.24. The minimum Gasteiger partial charge on any atom is -0.497 e. The number of sulfonamides is 1. The van der Waals surface area contributed by atoms with E-state index in [4.69, 9.17) is 4.74 Å². The molecule has 0 saturated carbocycles. The number of rotatable bonds is 7. The first-order valence-corrected chi connectivity index (χ1v) is 10.1. The topological polar surface area (TPSA) is 75.7 Å². The number of nitrogens with one attached hydrogen (secondary N) is 1. The second kappa shape index (κ2) is 8.43. The zero-order chi connectivity index (χ0) is 20.2. The van der Waals surface area contributed by atoms with Gasteiger partial charge >= 0.3 is 0 Å². The van der Waals surface area contributed by atoms with Gasteiger partial charge in [-0.3, -0.25) is 9.10 Å². The lowest BCUT2D eigenvalue weighted by Crippen LogP contribution is -2.36. The van der Waals surface area contributed by atoms with Gasteiger partial charge in [0.15, 0.2) is 0 Å². The van der Waals surface area contributed by atoms with E-state index in [-0.39, 0.29) is 16.8 Å². The maximum atomic E-state index is 12.8. The third-order valence-electron chi connectivity index (χ3n) is 4.57. The second-order valence-electron chi connectivity index (χ2n) is 6.70. The van der Waals surface area contributed by atoms with Gasteiger partial charge in [-0.05, 0) is 61.4 Å². The van der Waals surface area contributed by atoms with Gasteiger partial charge in [-0.15, -0.1) is 0 Å². The molecule has 1 N–H and O–H groups in total. The molecule has 6 nitrogen and oxygen atoms in total. The Hall–Kier alpha value is -2.54. The van der Waals surface area contributed by atoms with Crippen molar-refractivity contribution in [3.8, 4) is 5.75 Å². The molecule has 0 heterocycles. The van der Waals surface area contributed by atoms with Gasteiger partial charge in [0.05, 0.1) is 17.7 Å². The molecule has 7 heteroatoms. The molecule has 0 fully saturated rings. The molecule has 0 spiro atoms. The molecule has 0 aliphatic rings. The minimum absolute atomic E-state index is 0.0512. The van der Waals surface area contributed by atoms with E-state index in [0.29, 0.717) is 22.9 Å². The summed E-state index contributed by atoms with van der Waals surface area (Å²) in [6.07, 6.45) is 0. The molecule has 0 aromatic heterocycles. The maximum Gasteiger partial charge on any atom is 0.264 e. The van der Waals surface area contributed by atoms with Crippen molar-refractivity contribution in [2.45, 2.75) is 31.7 Å². The molecule has 27 heavy (non-hydrogen) atoms. The molecule has 0 unspecified atom stereocenters. The fourth-order valence-corrected chi connectivity index (χ4v) is 3.52. The average molecular weight is 391 g/mol. The third kappa shape index (κ3) is 4.80. The van der Waals surface area contributed by atoms with Crippen LogP contribution < -0.4 is 14.4 Å². The highest BCUT2D eigenvalue weighted by molar-refractivity contribution is 7.92. The van der Waals surface area contributed by atoms with Crippen LogP contribution in [0.3, 0.4) is 0 Å². The highest BCUT2D eigenvalue weighted by Gasteiger charge is 2.21. The van der Waals surface area contributed by atoms with Crippen LogP contribution in [0.5, 0.6) is 5.75 Å². The Morgan fingerprint density at radius 2 is 1.56 bits per heavy atom. The van der Waals surface area contributed by atoms with Crippen LogP contribution >= 0.6 is 0 Å². The van der Waals surface area contributed by atoms with Crippen LogP contribution in [0.1, 0.15) is 31.1 Å². The number of ether oxygens (including phenoxy) is 1. The smallest absolute Gasteiger partial charge is 0.264 e. The Kier molecular flexibility index (Phi) is 6.49. The number of anilines is 1. The van der Waals surface area contributed by atoms with Crippen molar-refractivity contribution in [3.05, 3.63) is 54.1 Å².